The summed E-state index contributed by atoms with van der Waals surface area (Å²) in [5.41, 5.74) is 2.86. The van der Waals surface area contributed by atoms with Crippen molar-refractivity contribution in [2.75, 3.05) is 12.4 Å². The SMILES string of the molecule is COCc1cccc(NC(=O)CCn2ncc3ccccc32)c1. The van der Waals surface area contributed by atoms with Crippen molar-refractivity contribution < 1.29 is 9.53 Å². The van der Waals surface area contributed by atoms with Gasteiger partial charge in [0.2, 0.25) is 5.91 Å². The number of ether oxygens (including phenoxy) is 1. The molecule has 0 unspecified atom stereocenters. The average Bonchev–Trinajstić information content (AvgIpc) is 2.97. The van der Waals surface area contributed by atoms with Crippen LogP contribution in [0.25, 0.3) is 10.9 Å². The summed E-state index contributed by atoms with van der Waals surface area (Å²) in [6.07, 6.45) is 2.20. The Labute approximate surface area is 134 Å². The fourth-order valence-electron chi connectivity index (χ4n) is 2.54. The summed E-state index contributed by atoms with van der Waals surface area (Å²) in [4.78, 5) is 12.1. The number of nitrogens with zero attached hydrogens (tertiary/aromatic N) is 2. The molecule has 0 spiro atoms. The number of rotatable bonds is 6. The highest BCUT2D eigenvalue weighted by Crippen LogP contribution is 2.14. The van der Waals surface area contributed by atoms with Gasteiger partial charge in [0, 0.05) is 24.6 Å². The molecule has 0 saturated heterocycles. The van der Waals surface area contributed by atoms with Gasteiger partial charge in [0.25, 0.3) is 0 Å². The first-order chi connectivity index (χ1) is 11.3. The number of aromatic nitrogens is 2. The van der Waals surface area contributed by atoms with Crippen LogP contribution >= 0.6 is 0 Å². The van der Waals surface area contributed by atoms with Gasteiger partial charge in [-0.1, -0.05) is 30.3 Å². The van der Waals surface area contributed by atoms with E-state index in [-0.39, 0.29) is 5.91 Å². The molecule has 0 bridgehead atoms. The molecule has 0 aliphatic heterocycles. The van der Waals surface area contributed by atoms with Crippen molar-refractivity contribution >= 4 is 22.5 Å². The van der Waals surface area contributed by atoms with Crippen molar-refractivity contribution in [3.63, 3.8) is 0 Å². The lowest BCUT2D eigenvalue weighted by molar-refractivity contribution is -0.116. The van der Waals surface area contributed by atoms with Crippen LogP contribution in [-0.2, 0) is 22.7 Å². The fourth-order valence-corrected chi connectivity index (χ4v) is 2.54. The Balaban J connectivity index is 1.60. The van der Waals surface area contributed by atoms with E-state index in [0.29, 0.717) is 19.6 Å². The molecule has 5 heteroatoms. The Hall–Kier alpha value is -2.66. The van der Waals surface area contributed by atoms with E-state index >= 15 is 0 Å². The van der Waals surface area contributed by atoms with Gasteiger partial charge in [-0.05, 0) is 23.8 Å². The number of benzene rings is 2. The summed E-state index contributed by atoms with van der Waals surface area (Å²) in [6.45, 7) is 1.08. The van der Waals surface area contributed by atoms with E-state index in [1.54, 1.807) is 7.11 Å². The molecule has 118 valence electrons. The number of para-hydroxylation sites is 1. The number of fused-ring (bicyclic) bond motifs is 1. The second-order valence-corrected chi connectivity index (χ2v) is 5.36. The van der Waals surface area contributed by atoms with Crippen LogP contribution in [0.15, 0.2) is 54.7 Å². The first-order valence-electron chi connectivity index (χ1n) is 7.54. The molecule has 5 nitrogen and oxygen atoms in total. The van der Waals surface area contributed by atoms with Crippen molar-refractivity contribution in [3.05, 3.63) is 60.3 Å². The molecule has 3 rings (SSSR count). The van der Waals surface area contributed by atoms with Crippen LogP contribution < -0.4 is 5.32 Å². The molecule has 0 fully saturated rings. The lowest BCUT2D eigenvalue weighted by atomic mass is 10.2. The summed E-state index contributed by atoms with van der Waals surface area (Å²) in [5.74, 6) is -0.0286. The number of aryl methyl sites for hydroxylation is 1. The highest BCUT2D eigenvalue weighted by Gasteiger charge is 2.06. The molecule has 1 amide bonds. The van der Waals surface area contributed by atoms with Crippen LogP contribution in [0.1, 0.15) is 12.0 Å². The van der Waals surface area contributed by atoms with E-state index in [9.17, 15) is 4.79 Å². The van der Waals surface area contributed by atoms with E-state index in [1.165, 1.54) is 0 Å². The van der Waals surface area contributed by atoms with Crippen molar-refractivity contribution in [1.82, 2.24) is 9.78 Å². The molecule has 1 heterocycles. The normalized spacial score (nSPS) is 10.8. The van der Waals surface area contributed by atoms with E-state index < -0.39 is 0 Å². The third-order valence-corrected chi connectivity index (χ3v) is 3.62. The van der Waals surface area contributed by atoms with Gasteiger partial charge >= 0.3 is 0 Å². The lowest BCUT2D eigenvalue weighted by Crippen LogP contribution is -2.15. The van der Waals surface area contributed by atoms with Crippen LogP contribution in [0.2, 0.25) is 0 Å². The first kappa shape index (κ1) is 15.2. The van der Waals surface area contributed by atoms with Gasteiger partial charge in [-0.15, -0.1) is 0 Å². The minimum Gasteiger partial charge on any atom is -0.380 e. The number of methoxy groups -OCH3 is 1. The molecule has 0 saturated carbocycles. The Morgan fingerprint density at radius 2 is 2.09 bits per heavy atom. The Morgan fingerprint density at radius 1 is 1.22 bits per heavy atom. The van der Waals surface area contributed by atoms with E-state index in [4.69, 9.17) is 4.74 Å². The zero-order valence-corrected chi connectivity index (χ0v) is 13.0. The standard InChI is InChI=1S/C18H19N3O2/c1-23-13-14-5-4-7-16(11-14)20-18(22)9-10-21-17-8-3-2-6-15(17)12-19-21/h2-8,11-12H,9-10,13H2,1H3,(H,20,22). The number of nitrogens with one attached hydrogen (secondary N) is 1. The first-order valence-corrected chi connectivity index (χ1v) is 7.54. The van der Waals surface area contributed by atoms with Gasteiger partial charge in [-0.2, -0.15) is 5.10 Å². The van der Waals surface area contributed by atoms with Gasteiger partial charge < -0.3 is 10.1 Å². The molecule has 0 aliphatic rings. The molecule has 2 aromatic carbocycles. The van der Waals surface area contributed by atoms with Crippen molar-refractivity contribution in [3.8, 4) is 0 Å². The van der Waals surface area contributed by atoms with E-state index in [2.05, 4.69) is 10.4 Å². The predicted octanol–water partition coefficient (Wildman–Crippen LogP) is 3.21. The number of hydrogen-bond donors (Lipinski definition) is 1. The smallest absolute Gasteiger partial charge is 0.226 e. The summed E-state index contributed by atoms with van der Waals surface area (Å²) in [5, 5.41) is 8.33. The van der Waals surface area contributed by atoms with Crippen molar-refractivity contribution in [2.45, 2.75) is 19.6 Å². The largest absolute Gasteiger partial charge is 0.380 e. The van der Waals surface area contributed by atoms with Gasteiger partial charge in [0.05, 0.1) is 24.9 Å². The highest BCUT2D eigenvalue weighted by molar-refractivity contribution is 5.90. The maximum atomic E-state index is 12.1. The number of anilines is 1. The van der Waals surface area contributed by atoms with E-state index in [0.717, 1.165) is 22.2 Å². The summed E-state index contributed by atoms with van der Waals surface area (Å²) in [6, 6.07) is 15.6. The van der Waals surface area contributed by atoms with E-state index in [1.807, 2.05) is 59.4 Å². The number of carbonyl (C=O) groups excluding carboxylic acids is 1. The summed E-state index contributed by atoms with van der Waals surface area (Å²) >= 11 is 0. The summed E-state index contributed by atoms with van der Waals surface area (Å²) in [7, 11) is 1.65. The van der Waals surface area contributed by atoms with Crippen molar-refractivity contribution in [2.24, 2.45) is 0 Å². The predicted molar refractivity (Wildman–Crippen MR) is 90.1 cm³/mol. The molecular formula is C18H19N3O2. The van der Waals surface area contributed by atoms with Crippen molar-refractivity contribution in [1.29, 1.82) is 0 Å². The molecule has 0 atom stereocenters. The minimum atomic E-state index is -0.0286. The average molecular weight is 309 g/mol. The Bertz CT molecular complexity index is 811. The molecule has 1 N–H and O–H groups in total. The second kappa shape index (κ2) is 7.07. The fraction of sp³-hybridized carbons (Fsp3) is 0.222. The zero-order valence-electron chi connectivity index (χ0n) is 13.0. The highest BCUT2D eigenvalue weighted by atomic mass is 16.5. The zero-order chi connectivity index (χ0) is 16.1. The van der Waals surface area contributed by atoms with Crippen LogP contribution in [0.3, 0.4) is 0 Å². The number of carbonyl (C=O) groups is 1. The quantitative estimate of drug-likeness (QED) is 0.760. The van der Waals surface area contributed by atoms with Gasteiger partial charge in [0.15, 0.2) is 0 Å². The van der Waals surface area contributed by atoms with Crippen LogP contribution in [-0.4, -0.2) is 22.8 Å². The molecule has 0 aliphatic carbocycles. The lowest BCUT2D eigenvalue weighted by Gasteiger charge is -2.08. The molecular weight excluding hydrogens is 290 g/mol. The van der Waals surface area contributed by atoms with Crippen LogP contribution in [0, 0.1) is 0 Å². The number of amides is 1. The second-order valence-electron chi connectivity index (χ2n) is 5.36. The Kier molecular flexibility index (Phi) is 4.68. The van der Waals surface area contributed by atoms with Crippen LogP contribution in [0.5, 0.6) is 0 Å². The molecule has 0 radical (unpaired) electrons. The minimum absolute atomic E-state index is 0.0286. The van der Waals surface area contributed by atoms with Gasteiger partial charge in [-0.25, -0.2) is 0 Å². The number of hydrogen-bond acceptors (Lipinski definition) is 3. The maximum Gasteiger partial charge on any atom is 0.226 e. The van der Waals surface area contributed by atoms with Crippen LogP contribution in [0.4, 0.5) is 5.69 Å². The maximum absolute atomic E-state index is 12.1. The van der Waals surface area contributed by atoms with Gasteiger partial charge in [-0.3, -0.25) is 9.48 Å². The third kappa shape index (κ3) is 3.76. The third-order valence-electron chi connectivity index (χ3n) is 3.62. The monoisotopic (exact) mass is 309 g/mol. The summed E-state index contributed by atoms with van der Waals surface area (Å²) < 4.78 is 6.96. The molecule has 3 aromatic rings. The molecule has 23 heavy (non-hydrogen) atoms. The topological polar surface area (TPSA) is 56.1 Å². The Morgan fingerprint density at radius 3 is 2.96 bits per heavy atom. The van der Waals surface area contributed by atoms with Gasteiger partial charge in [0.1, 0.15) is 0 Å². The molecule has 1 aromatic heterocycles.